The van der Waals surface area contributed by atoms with Gasteiger partial charge in [0, 0.05) is 23.9 Å². The Balaban J connectivity index is 2.10. The number of aromatic nitrogens is 1. The summed E-state index contributed by atoms with van der Waals surface area (Å²) in [5.41, 5.74) is 0.624. The van der Waals surface area contributed by atoms with Crippen molar-refractivity contribution in [3.05, 3.63) is 42.2 Å². The molecule has 0 aliphatic heterocycles. The van der Waals surface area contributed by atoms with Crippen molar-refractivity contribution in [2.45, 2.75) is 25.3 Å². The van der Waals surface area contributed by atoms with E-state index in [1.807, 2.05) is 6.08 Å². The van der Waals surface area contributed by atoms with Gasteiger partial charge in [-0.2, -0.15) is 0 Å². The number of carbonyl (C=O) groups is 2. The van der Waals surface area contributed by atoms with Crippen molar-refractivity contribution in [2.75, 3.05) is 7.11 Å². The van der Waals surface area contributed by atoms with Crippen LogP contribution in [0.3, 0.4) is 0 Å². The van der Waals surface area contributed by atoms with E-state index < -0.39 is 12.0 Å². The maximum atomic E-state index is 12.2. The number of esters is 1. The molecule has 2 rings (SSSR count). The van der Waals surface area contributed by atoms with Crippen molar-refractivity contribution in [3.8, 4) is 0 Å². The van der Waals surface area contributed by atoms with Crippen molar-refractivity contribution in [1.29, 1.82) is 0 Å². The highest BCUT2D eigenvalue weighted by molar-refractivity contribution is 5.86. The molecule has 1 aromatic rings. The number of amides is 1. The zero-order chi connectivity index (χ0) is 14.4. The lowest BCUT2D eigenvalue weighted by molar-refractivity contribution is -0.145. The first-order valence-corrected chi connectivity index (χ1v) is 6.65. The third kappa shape index (κ3) is 3.44. The Kier molecular flexibility index (Phi) is 4.87. The molecule has 1 amide bonds. The van der Waals surface area contributed by atoms with Gasteiger partial charge in [0.05, 0.1) is 7.11 Å². The van der Waals surface area contributed by atoms with Gasteiger partial charge in [-0.3, -0.25) is 9.78 Å². The Hall–Kier alpha value is -2.17. The lowest BCUT2D eigenvalue weighted by Gasteiger charge is -2.21. The maximum Gasteiger partial charge on any atom is 0.333 e. The minimum atomic E-state index is -0.799. The summed E-state index contributed by atoms with van der Waals surface area (Å²) in [5.74, 6) is -0.685. The zero-order valence-electron chi connectivity index (χ0n) is 11.4. The number of carbonyl (C=O) groups excluding carboxylic acids is 2. The number of pyridine rings is 1. The number of hydrogen-bond donors (Lipinski definition) is 1. The van der Waals surface area contributed by atoms with Crippen LogP contribution in [0.1, 0.15) is 30.9 Å². The molecule has 20 heavy (non-hydrogen) atoms. The zero-order valence-corrected chi connectivity index (χ0v) is 11.4. The molecule has 2 atom stereocenters. The average molecular weight is 274 g/mol. The van der Waals surface area contributed by atoms with Gasteiger partial charge in [-0.1, -0.05) is 18.2 Å². The number of nitrogens with zero attached hydrogens (tertiary/aromatic N) is 1. The molecule has 0 fully saturated rings. The molecule has 0 bridgehead atoms. The fourth-order valence-electron chi connectivity index (χ4n) is 2.23. The lowest BCUT2D eigenvalue weighted by atomic mass is 9.93. The van der Waals surface area contributed by atoms with Gasteiger partial charge in [-0.15, -0.1) is 0 Å². The van der Waals surface area contributed by atoms with E-state index in [4.69, 9.17) is 4.74 Å². The highest BCUT2D eigenvalue weighted by Gasteiger charge is 2.27. The molecular formula is C15H18N2O3. The predicted molar refractivity (Wildman–Crippen MR) is 73.6 cm³/mol. The van der Waals surface area contributed by atoms with Gasteiger partial charge in [0.2, 0.25) is 5.91 Å². The summed E-state index contributed by atoms with van der Waals surface area (Å²) < 4.78 is 4.76. The fourth-order valence-corrected chi connectivity index (χ4v) is 2.23. The van der Waals surface area contributed by atoms with Crippen LogP contribution in [0.2, 0.25) is 0 Å². The Morgan fingerprint density at radius 3 is 2.90 bits per heavy atom. The Labute approximate surface area is 118 Å². The van der Waals surface area contributed by atoms with E-state index in [0.29, 0.717) is 12.0 Å². The van der Waals surface area contributed by atoms with Crippen LogP contribution in [0.5, 0.6) is 0 Å². The summed E-state index contributed by atoms with van der Waals surface area (Å²) >= 11 is 0. The first-order chi connectivity index (χ1) is 9.72. The summed E-state index contributed by atoms with van der Waals surface area (Å²) in [6.45, 7) is 0. The van der Waals surface area contributed by atoms with Crippen LogP contribution < -0.4 is 5.32 Å². The number of ether oxygens (including phenoxy) is 1. The number of allylic oxidation sites excluding steroid dienone is 2. The molecule has 5 heteroatoms. The largest absolute Gasteiger partial charge is 0.467 e. The van der Waals surface area contributed by atoms with E-state index in [1.165, 1.54) is 7.11 Å². The summed E-state index contributed by atoms with van der Waals surface area (Å²) in [6.07, 6.45) is 9.67. The standard InChI is InChI=1S/C15H18N2O3/c1-20-15(19)13(12-8-5-9-16-10-12)17-14(18)11-6-3-2-4-7-11/h2-3,5,8-11,13H,4,6-7H2,1H3,(H,17,18)/t11-,13+/m0/s1. The highest BCUT2D eigenvalue weighted by Crippen LogP contribution is 2.20. The first-order valence-electron chi connectivity index (χ1n) is 6.65. The van der Waals surface area contributed by atoms with Gasteiger partial charge >= 0.3 is 5.97 Å². The second kappa shape index (κ2) is 6.84. The van der Waals surface area contributed by atoms with E-state index >= 15 is 0 Å². The molecule has 0 aromatic carbocycles. The maximum absolute atomic E-state index is 12.2. The van der Waals surface area contributed by atoms with Crippen molar-refractivity contribution in [1.82, 2.24) is 10.3 Å². The van der Waals surface area contributed by atoms with E-state index in [0.717, 1.165) is 12.8 Å². The van der Waals surface area contributed by atoms with Gasteiger partial charge in [0.1, 0.15) is 0 Å². The molecule has 0 radical (unpaired) electrons. The summed E-state index contributed by atoms with van der Waals surface area (Å²) in [7, 11) is 1.31. The Bertz CT molecular complexity index is 499. The molecule has 0 spiro atoms. The van der Waals surface area contributed by atoms with E-state index in [1.54, 1.807) is 24.5 Å². The van der Waals surface area contributed by atoms with Crippen LogP contribution in [-0.4, -0.2) is 24.0 Å². The van der Waals surface area contributed by atoms with Crippen molar-refractivity contribution < 1.29 is 14.3 Å². The second-order valence-electron chi connectivity index (χ2n) is 4.73. The molecule has 106 valence electrons. The molecule has 1 aliphatic carbocycles. The molecule has 1 aromatic heterocycles. The predicted octanol–water partition coefficient (Wildman–Crippen LogP) is 1.77. The van der Waals surface area contributed by atoms with Gasteiger partial charge in [-0.25, -0.2) is 4.79 Å². The fraction of sp³-hybridized carbons (Fsp3) is 0.400. The second-order valence-corrected chi connectivity index (χ2v) is 4.73. The average Bonchev–Trinajstić information content (AvgIpc) is 2.53. The molecule has 0 unspecified atom stereocenters. The summed E-state index contributed by atoms with van der Waals surface area (Å²) in [5, 5.41) is 2.77. The number of rotatable bonds is 4. The van der Waals surface area contributed by atoms with Crippen LogP contribution in [0.4, 0.5) is 0 Å². The third-order valence-electron chi connectivity index (χ3n) is 3.38. The Morgan fingerprint density at radius 2 is 2.30 bits per heavy atom. The number of methoxy groups -OCH3 is 1. The van der Waals surface area contributed by atoms with Gasteiger partial charge in [0.15, 0.2) is 6.04 Å². The SMILES string of the molecule is COC(=O)[C@H](NC(=O)[C@H]1CC=CCC1)c1cccnc1. The van der Waals surface area contributed by atoms with E-state index in [-0.39, 0.29) is 11.8 Å². The van der Waals surface area contributed by atoms with Crippen LogP contribution >= 0.6 is 0 Å². The van der Waals surface area contributed by atoms with Gasteiger partial charge in [0.25, 0.3) is 0 Å². The van der Waals surface area contributed by atoms with Crippen molar-refractivity contribution in [2.24, 2.45) is 5.92 Å². The van der Waals surface area contributed by atoms with E-state index in [9.17, 15) is 9.59 Å². The third-order valence-corrected chi connectivity index (χ3v) is 3.38. The monoisotopic (exact) mass is 274 g/mol. The highest BCUT2D eigenvalue weighted by atomic mass is 16.5. The van der Waals surface area contributed by atoms with Gasteiger partial charge < -0.3 is 10.1 Å². The number of hydrogen-bond acceptors (Lipinski definition) is 4. The quantitative estimate of drug-likeness (QED) is 0.671. The molecule has 0 saturated heterocycles. The molecule has 5 nitrogen and oxygen atoms in total. The Morgan fingerprint density at radius 1 is 1.45 bits per heavy atom. The minimum Gasteiger partial charge on any atom is -0.467 e. The minimum absolute atomic E-state index is 0.0798. The van der Waals surface area contributed by atoms with Crippen molar-refractivity contribution in [3.63, 3.8) is 0 Å². The molecule has 1 heterocycles. The normalized spacial score (nSPS) is 19.1. The summed E-state index contributed by atoms with van der Waals surface area (Å²) in [6, 6.07) is 2.67. The molecule has 0 saturated carbocycles. The number of nitrogens with one attached hydrogen (secondary N) is 1. The molecule has 1 N–H and O–H groups in total. The van der Waals surface area contributed by atoms with Crippen LogP contribution in [0.15, 0.2) is 36.7 Å². The molecular weight excluding hydrogens is 256 g/mol. The van der Waals surface area contributed by atoms with Crippen molar-refractivity contribution >= 4 is 11.9 Å². The van der Waals surface area contributed by atoms with Gasteiger partial charge in [-0.05, 0) is 25.3 Å². The topological polar surface area (TPSA) is 68.3 Å². The van der Waals surface area contributed by atoms with Crippen LogP contribution in [0, 0.1) is 5.92 Å². The van der Waals surface area contributed by atoms with Crippen LogP contribution in [0.25, 0.3) is 0 Å². The van der Waals surface area contributed by atoms with E-state index in [2.05, 4.69) is 16.4 Å². The van der Waals surface area contributed by atoms with Crippen LogP contribution in [-0.2, 0) is 14.3 Å². The lowest BCUT2D eigenvalue weighted by Crippen LogP contribution is -2.38. The summed E-state index contributed by atoms with van der Waals surface area (Å²) in [4.78, 5) is 28.1. The smallest absolute Gasteiger partial charge is 0.333 e. The molecule has 1 aliphatic rings. The first kappa shape index (κ1) is 14.2.